The van der Waals surface area contributed by atoms with Crippen LogP contribution in [-0.4, -0.2) is 31.6 Å². The summed E-state index contributed by atoms with van der Waals surface area (Å²) in [7, 11) is -2.95. The van der Waals surface area contributed by atoms with Crippen LogP contribution >= 0.6 is 0 Å². The van der Waals surface area contributed by atoms with E-state index in [1.54, 1.807) is 0 Å². The molecule has 0 heterocycles. The minimum atomic E-state index is -4.24. The summed E-state index contributed by atoms with van der Waals surface area (Å²) in [5, 5.41) is 0. The van der Waals surface area contributed by atoms with Gasteiger partial charge >= 0.3 is 0 Å². The van der Waals surface area contributed by atoms with E-state index >= 15 is 0 Å². The number of nitrogens with two attached hydrogens (primary N) is 1. The largest absolute Gasteiger partial charge is 0.367 e. The van der Waals surface area contributed by atoms with Gasteiger partial charge in [0.2, 0.25) is 0 Å². The van der Waals surface area contributed by atoms with E-state index in [0.717, 1.165) is 6.08 Å². The third-order valence-corrected chi connectivity index (χ3v) is 3.10. The van der Waals surface area contributed by atoms with Crippen LogP contribution in [0.2, 0.25) is 0 Å². The lowest BCUT2D eigenvalue weighted by molar-refractivity contribution is -0.134. The maximum absolute atomic E-state index is 11.1. The highest BCUT2D eigenvalue weighted by Crippen LogP contribution is 2.25. The van der Waals surface area contributed by atoms with E-state index in [1.807, 2.05) is 0 Å². The summed E-state index contributed by atoms with van der Waals surface area (Å²) in [6, 6.07) is 0. The van der Waals surface area contributed by atoms with E-state index in [0.29, 0.717) is 0 Å². The number of rotatable bonds is 3. The second kappa shape index (κ2) is 3.76. The number of amides is 1. The van der Waals surface area contributed by atoms with Crippen molar-refractivity contribution in [1.82, 2.24) is 0 Å². The fourth-order valence-electron chi connectivity index (χ4n) is 1.23. The van der Waals surface area contributed by atoms with Crippen LogP contribution in [0.4, 0.5) is 0 Å². The van der Waals surface area contributed by atoms with Crippen LogP contribution in [-0.2, 0) is 19.6 Å². The van der Waals surface area contributed by atoms with Gasteiger partial charge in [-0.05, 0) is 12.2 Å². The van der Waals surface area contributed by atoms with Crippen molar-refractivity contribution in [3.05, 3.63) is 23.1 Å². The molecule has 84 valence electrons. The average molecular weight is 233 g/mol. The number of allylic oxidation sites excluding steroid dienone is 1. The topological polar surface area (TPSA) is 107 Å². The molecule has 0 aliphatic heterocycles. The first-order valence-corrected chi connectivity index (χ1v) is 5.48. The summed E-state index contributed by atoms with van der Waals surface area (Å²) >= 11 is 0. The fourth-order valence-corrected chi connectivity index (χ4v) is 1.76. The van der Waals surface area contributed by atoms with Gasteiger partial charge in [0.15, 0.2) is 5.60 Å². The summed E-state index contributed by atoms with van der Waals surface area (Å²) in [6.07, 6.45) is 3.47. The Hall–Kier alpha value is -1.18. The molecule has 7 heteroatoms. The highest BCUT2D eigenvalue weighted by Gasteiger charge is 2.35. The molecule has 1 aliphatic carbocycles. The molecule has 1 aliphatic rings. The van der Waals surface area contributed by atoms with Gasteiger partial charge in [0.05, 0.1) is 4.91 Å². The maximum Gasteiger partial charge on any atom is 0.294 e. The Morgan fingerprint density at radius 1 is 1.67 bits per heavy atom. The minimum absolute atomic E-state index is 0.0234. The molecule has 0 spiro atoms. The minimum Gasteiger partial charge on any atom is -0.367 e. The first kappa shape index (κ1) is 11.9. The van der Waals surface area contributed by atoms with Crippen LogP contribution in [0.15, 0.2) is 23.1 Å². The predicted molar refractivity (Wildman–Crippen MR) is 52.3 cm³/mol. The number of primary amides is 1. The Morgan fingerprint density at radius 2 is 2.27 bits per heavy atom. The summed E-state index contributed by atoms with van der Waals surface area (Å²) < 4.78 is 35.1. The van der Waals surface area contributed by atoms with Crippen molar-refractivity contribution in [3.8, 4) is 0 Å². The first-order chi connectivity index (χ1) is 6.82. The van der Waals surface area contributed by atoms with Crippen molar-refractivity contribution in [2.24, 2.45) is 5.73 Å². The third-order valence-electron chi connectivity index (χ3n) is 2.20. The molecule has 0 saturated carbocycles. The monoisotopic (exact) mass is 233 g/mol. The Kier molecular flexibility index (Phi) is 2.98. The van der Waals surface area contributed by atoms with E-state index in [2.05, 4.69) is 0 Å². The Balaban J connectivity index is 3.02. The van der Waals surface area contributed by atoms with Crippen LogP contribution in [0.25, 0.3) is 0 Å². The molecule has 1 amide bonds. The zero-order valence-corrected chi connectivity index (χ0v) is 8.82. The molecule has 6 nitrogen and oxygen atoms in total. The van der Waals surface area contributed by atoms with Crippen LogP contribution in [0.5, 0.6) is 0 Å². The van der Waals surface area contributed by atoms with E-state index in [9.17, 15) is 13.2 Å². The van der Waals surface area contributed by atoms with Crippen molar-refractivity contribution in [3.63, 3.8) is 0 Å². The molecule has 0 bridgehead atoms. The molecule has 0 aromatic heterocycles. The second-order valence-corrected chi connectivity index (χ2v) is 4.50. The lowest BCUT2D eigenvalue weighted by atomic mass is 9.94. The highest BCUT2D eigenvalue weighted by molar-refractivity contribution is 7.90. The standard InChI is InChI=1S/C8H11NO5S/c1-14-8(7(9)10)4-2-6(3-5-8)15(11,12)13/h2-4H,5H2,1H3,(H2,9,10)(H,11,12,13). The van der Waals surface area contributed by atoms with E-state index < -0.39 is 21.6 Å². The van der Waals surface area contributed by atoms with Crippen molar-refractivity contribution in [2.75, 3.05) is 7.11 Å². The van der Waals surface area contributed by atoms with Crippen molar-refractivity contribution < 1.29 is 22.5 Å². The molecule has 1 atom stereocenters. The van der Waals surface area contributed by atoms with E-state index in [1.165, 1.54) is 19.3 Å². The molecule has 0 aromatic carbocycles. The highest BCUT2D eigenvalue weighted by atomic mass is 32.2. The lowest BCUT2D eigenvalue weighted by Gasteiger charge is -2.26. The number of carbonyl (C=O) groups is 1. The van der Waals surface area contributed by atoms with Gasteiger partial charge in [0.1, 0.15) is 0 Å². The molecule has 0 fully saturated rings. The van der Waals surface area contributed by atoms with Gasteiger partial charge in [-0.15, -0.1) is 0 Å². The number of carbonyl (C=O) groups excluding carboxylic acids is 1. The van der Waals surface area contributed by atoms with E-state index in [4.69, 9.17) is 15.0 Å². The summed E-state index contributed by atoms with van der Waals surface area (Å²) in [4.78, 5) is 10.8. The average Bonchev–Trinajstić information content (AvgIpc) is 2.16. The van der Waals surface area contributed by atoms with Gasteiger partial charge in [0, 0.05) is 13.5 Å². The van der Waals surface area contributed by atoms with Gasteiger partial charge in [-0.3, -0.25) is 9.35 Å². The quantitative estimate of drug-likeness (QED) is 0.644. The zero-order valence-electron chi connectivity index (χ0n) is 8.00. The maximum atomic E-state index is 11.1. The van der Waals surface area contributed by atoms with Gasteiger partial charge in [-0.25, -0.2) is 0 Å². The molecule has 1 unspecified atom stereocenters. The normalized spacial score (nSPS) is 26.1. The van der Waals surface area contributed by atoms with Crippen LogP contribution in [0.3, 0.4) is 0 Å². The third kappa shape index (κ3) is 2.25. The molecular formula is C8H11NO5S. The molecular weight excluding hydrogens is 222 g/mol. The van der Waals surface area contributed by atoms with Gasteiger partial charge in [0.25, 0.3) is 16.0 Å². The van der Waals surface area contributed by atoms with Crippen molar-refractivity contribution >= 4 is 16.0 Å². The molecule has 3 N–H and O–H groups in total. The SMILES string of the molecule is COC1(C(N)=O)C=CC(S(=O)(=O)O)=CC1. The Bertz CT molecular complexity index is 436. The molecule has 15 heavy (non-hydrogen) atoms. The van der Waals surface area contributed by atoms with Crippen LogP contribution < -0.4 is 5.73 Å². The summed E-state index contributed by atoms with van der Waals surface area (Å²) in [5.41, 5.74) is 3.79. The molecule has 0 saturated heterocycles. The fraction of sp³-hybridized carbons (Fsp3) is 0.375. The predicted octanol–water partition coefficient (Wildman–Crippen LogP) is -0.411. The number of hydrogen-bond acceptors (Lipinski definition) is 4. The molecule has 0 aromatic rings. The van der Waals surface area contributed by atoms with Crippen LogP contribution in [0, 0.1) is 0 Å². The first-order valence-electron chi connectivity index (χ1n) is 4.04. The van der Waals surface area contributed by atoms with Gasteiger partial charge in [-0.1, -0.05) is 6.08 Å². The van der Waals surface area contributed by atoms with Crippen molar-refractivity contribution in [2.45, 2.75) is 12.0 Å². The molecule has 0 radical (unpaired) electrons. The number of ether oxygens (including phenoxy) is 1. The smallest absolute Gasteiger partial charge is 0.294 e. The Labute approximate surface area is 87.2 Å². The number of hydrogen-bond donors (Lipinski definition) is 2. The second-order valence-electron chi connectivity index (χ2n) is 3.08. The zero-order chi connectivity index (χ0) is 11.7. The van der Waals surface area contributed by atoms with Crippen molar-refractivity contribution in [1.29, 1.82) is 0 Å². The molecule has 1 rings (SSSR count). The van der Waals surface area contributed by atoms with Gasteiger partial charge in [-0.2, -0.15) is 8.42 Å². The summed E-state index contributed by atoms with van der Waals surface area (Å²) in [6.45, 7) is 0. The van der Waals surface area contributed by atoms with Crippen LogP contribution in [0.1, 0.15) is 6.42 Å². The lowest BCUT2D eigenvalue weighted by Crippen LogP contribution is -2.44. The van der Waals surface area contributed by atoms with E-state index in [-0.39, 0.29) is 11.3 Å². The number of methoxy groups -OCH3 is 1. The summed E-state index contributed by atoms with van der Waals surface area (Å²) in [5.74, 6) is -0.716. The Morgan fingerprint density at radius 3 is 2.53 bits per heavy atom. The van der Waals surface area contributed by atoms with Gasteiger partial charge < -0.3 is 10.5 Å².